The first-order chi connectivity index (χ1) is 11.7. The molecule has 0 unspecified atom stereocenters. The molecule has 0 radical (unpaired) electrons. The molecule has 1 heterocycles. The predicted octanol–water partition coefficient (Wildman–Crippen LogP) is 2.37. The van der Waals surface area contributed by atoms with Crippen LogP contribution in [0.5, 0.6) is 0 Å². The predicted molar refractivity (Wildman–Crippen MR) is 96.3 cm³/mol. The highest BCUT2D eigenvalue weighted by molar-refractivity contribution is 6.58. The van der Waals surface area contributed by atoms with Crippen molar-refractivity contribution in [2.24, 2.45) is 0 Å². The molecule has 3 aromatic carbocycles. The Morgan fingerprint density at radius 1 is 0.792 bits per heavy atom. The standard InChI is InChI=1S/C19H15BN2O2/c23-20(24)15-8-6-7-14(13-15)19-21-17-11-4-5-12-18(17)22(19)16-9-2-1-3-10-16/h1-13,23-24H. The van der Waals surface area contributed by atoms with Crippen LogP contribution in [0.15, 0.2) is 78.9 Å². The van der Waals surface area contributed by atoms with Gasteiger partial charge in [0, 0.05) is 11.3 Å². The summed E-state index contributed by atoms with van der Waals surface area (Å²) in [6, 6.07) is 25.1. The zero-order valence-electron chi connectivity index (χ0n) is 12.9. The molecule has 4 rings (SSSR count). The third-order valence-electron chi connectivity index (χ3n) is 4.02. The van der Waals surface area contributed by atoms with E-state index in [0.717, 1.165) is 28.1 Å². The maximum absolute atomic E-state index is 9.45. The molecule has 0 atom stereocenters. The van der Waals surface area contributed by atoms with Gasteiger partial charge in [0.1, 0.15) is 5.82 Å². The Balaban J connectivity index is 2.00. The van der Waals surface area contributed by atoms with Gasteiger partial charge in [0.05, 0.1) is 11.0 Å². The van der Waals surface area contributed by atoms with Crippen molar-refractivity contribution in [3.8, 4) is 17.1 Å². The van der Waals surface area contributed by atoms with Crippen LogP contribution in [0.1, 0.15) is 0 Å². The fourth-order valence-electron chi connectivity index (χ4n) is 2.90. The fourth-order valence-corrected chi connectivity index (χ4v) is 2.90. The minimum absolute atomic E-state index is 0.444. The van der Waals surface area contributed by atoms with E-state index in [2.05, 4.69) is 4.57 Å². The normalized spacial score (nSPS) is 10.9. The van der Waals surface area contributed by atoms with Crippen LogP contribution in [0.25, 0.3) is 28.1 Å². The van der Waals surface area contributed by atoms with Gasteiger partial charge in [-0.15, -0.1) is 0 Å². The van der Waals surface area contributed by atoms with E-state index in [-0.39, 0.29) is 0 Å². The van der Waals surface area contributed by atoms with Crippen molar-refractivity contribution < 1.29 is 10.0 Å². The lowest BCUT2D eigenvalue weighted by atomic mass is 9.79. The van der Waals surface area contributed by atoms with Gasteiger partial charge in [0.15, 0.2) is 0 Å². The molecule has 1 aromatic heterocycles. The van der Waals surface area contributed by atoms with Crippen molar-refractivity contribution in [3.63, 3.8) is 0 Å². The first-order valence-corrected chi connectivity index (χ1v) is 7.73. The third-order valence-corrected chi connectivity index (χ3v) is 4.02. The summed E-state index contributed by atoms with van der Waals surface area (Å²) < 4.78 is 2.08. The quantitative estimate of drug-likeness (QED) is 0.571. The molecule has 0 fully saturated rings. The molecule has 0 bridgehead atoms. The largest absolute Gasteiger partial charge is 0.488 e. The van der Waals surface area contributed by atoms with Gasteiger partial charge in [-0.25, -0.2) is 4.98 Å². The van der Waals surface area contributed by atoms with Gasteiger partial charge in [-0.3, -0.25) is 4.57 Å². The van der Waals surface area contributed by atoms with Crippen LogP contribution in [0.3, 0.4) is 0 Å². The maximum atomic E-state index is 9.45. The van der Waals surface area contributed by atoms with Crippen LogP contribution in [-0.2, 0) is 0 Å². The van der Waals surface area contributed by atoms with Gasteiger partial charge in [-0.1, -0.05) is 54.6 Å². The lowest BCUT2D eigenvalue weighted by molar-refractivity contribution is 0.426. The van der Waals surface area contributed by atoms with Crippen molar-refractivity contribution >= 4 is 23.6 Å². The minimum Gasteiger partial charge on any atom is -0.423 e. The van der Waals surface area contributed by atoms with Gasteiger partial charge in [0.25, 0.3) is 0 Å². The number of hydrogen-bond acceptors (Lipinski definition) is 3. The van der Waals surface area contributed by atoms with Crippen molar-refractivity contribution in [1.29, 1.82) is 0 Å². The highest BCUT2D eigenvalue weighted by atomic mass is 16.4. The van der Waals surface area contributed by atoms with Gasteiger partial charge < -0.3 is 10.0 Å². The van der Waals surface area contributed by atoms with E-state index in [0.29, 0.717) is 5.46 Å². The van der Waals surface area contributed by atoms with E-state index < -0.39 is 7.12 Å². The highest BCUT2D eigenvalue weighted by Gasteiger charge is 2.16. The Kier molecular flexibility index (Phi) is 3.65. The smallest absolute Gasteiger partial charge is 0.423 e. The van der Waals surface area contributed by atoms with Gasteiger partial charge in [0.2, 0.25) is 0 Å². The molecular formula is C19H15BN2O2. The van der Waals surface area contributed by atoms with E-state index in [1.807, 2.05) is 60.7 Å². The second-order valence-electron chi connectivity index (χ2n) is 5.59. The Morgan fingerprint density at radius 2 is 1.54 bits per heavy atom. The molecule has 5 heteroatoms. The van der Waals surface area contributed by atoms with Gasteiger partial charge >= 0.3 is 7.12 Å². The lowest BCUT2D eigenvalue weighted by Gasteiger charge is -2.10. The zero-order chi connectivity index (χ0) is 16.5. The Hall–Kier alpha value is -2.89. The summed E-state index contributed by atoms with van der Waals surface area (Å²) in [7, 11) is -1.50. The Morgan fingerprint density at radius 3 is 2.33 bits per heavy atom. The summed E-state index contributed by atoms with van der Waals surface area (Å²) in [4.78, 5) is 4.76. The molecule has 0 aliphatic heterocycles. The van der Waals surface area contributed by atoms with Crippen molar-refractivity contribution in [2.75, 3.05) is 0 Å². The Bertz CT molecular complexity index is 997. The molecule has 0 spiro atoms. The topological polar surface area (TPSA) is 58.3 Å². The number of para-hydroxylation sites is 3. The highest BCUT2D eigenvalue weighted by Crippen LogP contribution is 2.28. The summed E-state index contributed by atoms with van der Waals surface area (Å²) in [6.07, 6.45) is 0. The average Bonchev–Trinajstić information content (AvgIpc) is 3.02. The number of imidazole rings is 1. The molecule has 4 aromatic rings. The average molecular weight is 314 g/mol. The summed E-state index contributed by atoms with van der Waals surface area (Å²) in [5, 5.41) is 18.9. The van der Waals surface area contributed by atoms with Gasteiger partial charge in [-0.05, 0) is 29.7 Å². The molecule has 0 amide bonds. The first-order valence-electron chi connectivity index (χ1n) is 7.73. The zero-order valence-corrected chi connectivity index (χ0v) is 12.9. The van der Waals surface area contributed by atoms with Crippen molar-refractivity contribution in [2.45, 2.75) is 0 Å². The van der Waals surface area contributed by atoms with Crippen molar-refractivity contribution in [1.82, 2.24) is 9.55 Å². The summed E-state index contributed by atoms with van der Waals surface area (Å²) in [5.74, 6) is 0.768. The maximum Gasteiger partial charge on any atom is 0.488 e. The Labute approximate surface area is 139 Å². The van der Waals surface area contributed by atoms with E-state index in [1.54, 1.807) is 18.2 Å². The van der Waals surface area contributed by atoms with Crippen LogP contribution in [-0.4, -0.2) is 26.7 Å². The number of benzene rings is 3. The fraction of sp³-hybridized carbons (Fsp3) is 0. The SMILES string of the molecule is OB(O)c1cccc(-c2nc3ccccc3n2-c2ccccc2)c1. The monoisotopic (exact) mass is 314 g/mol. The van der Waals surface area contributed by atoms with Crippen LogP contribution in [0.4, 0.5) is 0 Å². The molecule has 2 N–H and O–H groups in total. The third kappa shape index (κ3) is 2.50. The molecule has 4 nitrogen and oxygen atoms in total. The van der Waals surface area contributed by atoms with E-state index >= 15 is 0 Å². The minimum atomic E-state index is -1.50. The molecule has 24 heavy (non-hydrogen) atoms. The summed E-state index contributed by atoms with van der Waals surface area (Å²) in [5.41, 5.74) is 4.19. The molecule has 0 saturated heterocycles. The lowest BCUT2D eigenvalue weighted by Crippen LogP contribution is -2.29. The number of aromatic nitrogens is 2. The molecular weight excluding hydrogens is 299 g/mol. The second-order valence-corrected chi connectivity index (χ2v) is 5.59. The summed E-state index contributed by atoms with van der Waals surface area (Å²) >= 11 is 0. The summed E-state index contributed by atoms with van der Waals surface area (Å²) in [6.45, 7) is 0. The van der Waals surface area contributed by atoms with E-state index in [9.17, 15) is 10.0 Å². The van der Waals surface area contributed by atoms with Crippen molar-refractivity contribution in [3.05, 3.63) is 78.9 Å². The number of fused-ring (bicyclic) bond motifs is 1. The van der Waals surface area contributed by atoms with Crippen LogP contribution >= 0.6 is 0 Å². The van der Waals surface area contributed by atoms with E-state index in [4.69, 9.17) is 4.98 Å². The van der Waals surface area contributed by atoms with Crippen LogP contribution < -0.4 is 5.46 Å². The van der Waals surface area contributed by atoms with Gasteiger partial charge in [-0.2, -0.15) is 0 Å². The number of rotatable bonds is 3. The number of hydrogen-bond donors (Lipinski definition) is 2. The van der Waals surface area contributed by atoms with Crippen LogP contribution in [0.2, 0.25) is 0 Å². The second kappa shape index (κ2) is 5.96. The molecule has 0 aliphatic carbocycles. The molecule has 0 saturated carbocycles. The first kappa shape index (κ1) is 14.7. The molecule has 116 valence electrons. The van der Waals surface area contributed by atoms with Crippen LogP contribution in [0, 0.1) is 0 Å². The van der Waals surface area contributed by atoms with E-state index in [1.165, 1.54) is 0 Å². The molecule has 0 aliphatic rings. The number of nitrogens with zero attached hydrogens (tertiary/aromatic N) is 2.